The van der Waals surface area contributed by atoms with Gasteiger partial charge in [-0.1, -0.05) is 19.8 Å². The Hall–Kier alpha value is -1.79. The molecule has 1 fully saturated rings. The van der Waals surface area contributed by atoms with Gasteiger partial charge in [-0.25, -0.2) is 9.59 Å². The van der Waals surface area contributed by atoms with Crippen LogP contribution in [0.25, 0.3) is 0 Å². The van der Waals surface area contributed by atoms with Gasteiger partial charge in [-0.3, -0.25) is 4.79 Å². The van der Waals surface area contributed by atoms with Gasteiger partial charge in [-0.15, -0.1) is 0 Å². The average molecular weight is 299 g/mol. The van der Waals surface area contributed by atoms with E-state index >= 15 is 0 Å². The van der Waals surface area contributed by atoms with Crippen LogP contribution in [0.5, 0.6) is 0 Å². The Balaban J connectivity index is 2.65. The van der Waals surface area contributed by atoms with Crippen LogP contribution in [0.2, 0.25) is 0 Å². The van der Waals surface area contributed by atoms with Gasteiger partial charge >= 0.3 is 12.0 Å². The first-order chi connectivity index (χ1) is 9.95. The van der Waals surface area contributed by atoms with Gasteiger partial charge < -0.3 is 21.1 Å². The highest BCUT2D eigenvalue weighted by Gasteiger charge is 2.28. The third-order valence-corrected chi connectivity index (χ3v) is 3.88. The van der Waals surface area contributed by atoms with Crippen LogP contribution < -0.4 is 11.1 Å². The van der Waals surface area contributed by atoms with Crippen LogP contribution in [-0.2, 0) is 9.59 Å². The van der Waals surface area contributed by atoms with Crippen molar-refractivity contribution in [1.29, 1.82) is 0 Å². The second kappa shape index (κ2) is 8.49. The zero-order chi connectivity index (χ0) is 15.8. The van der Waals surface area contributed by atoms with E-state index in [1.165, 1.54) is 0 Å². The summed E-state index contributed by atoms with van der Waals surface area (Å²) in [6.45, 7) is 2.67. The van der Waals surface area contributed by atoms with Crippen LogP contribution >= 0.6 is 0 Å². The Kier molecular flexibility index (Phi) is 6.98. The number of primary amides is 1. The van der Waals surface area contributed by atoms with Crippen molar-refractivity contribution in [3.8, 4) is 0 Å². The minimum Gasteiger partial charge on any atom is -0.480 e. The molecule has 2 atom stereocenters. The predicted molar refractivity (Wildman–Crippen MR) is 77.6 cm³/mol. The highest BCUT2D eigenvalue weighted by atomic mass is 16.4. The lowest BCUT2D eigenvalue weighted by molar-refractivity contribution is -0.139. The van der Waals surface area contributed by atoms with E-state index in [2.05, 4.69) is 5.32 Å². The van der Waals surface area contributed by atoms with Gasteiger partial charge in [0.15, 0.2) is 0 Å². The Morgan fingerprint density at radius 1 is 1.33 bits per heavy atom. The number of urea groups is 1. The molecule has 1 rings (SSSR count). The number of rotatable bonds is 6. The van der Waals surface area contributed by atoms with Crippen molar-refractivity contribution < 1.29 is 19.5 Å². The van der Waals surface area contributed by atoms with Gasteiger partial charge in [0.2, 0.25) is 5.91 Å². The molecule has 1 saturated heterocycles. The molecule has 0 saturated carbocycles. The molecule has 0 bridgehead atoms. The van der Waals surface area contributed by atoms with Crippen LogP contribution in [0.15, 0.2) is 0 Å². The van der Waals surface area contributed by atoms with E-state index in [-0.39, 0.29) is 24.9 Å². The minimum atomic E-state index is -1.15. The SMILES string of the molecule is CCC1CCCCCN1C(=O)NC(CCC(N)=O)C(=O)O. The molecule has 0 radical (unpaired) electrons. The first kappa shape index (κ1) is 17.3. The second-order valence-electron chi connectivity index (χ2n) is 5.45. The minimum absolute atomic E-state index is 0.0149. The van der Waals surface area contributed by atoms with Gasteiger partial charge in [0, 0.05) is 19.0 Å². The first-order valence-electron chi connectivity index (χ1n) is 7.54. The van der Waals surface area contributed by atoms with Gasteiger partial charge in [-0.05, 0) is 25.7 Å². The number of carbonyl (C=O) groups is 3. The molecule has 21 heavy (non-hydrogen) atoms. The largest absolute Gasteiger partial charge is 0.480 e. The molecule has 0 aliphatic carbocycles. The third kappa shape index (κ3) is 5.61. The van der Waals surface area contributed by atoms with Gasteiger partial charge in [0.1, 0.15) is 6.04 Å². The number of carboxylic acids is 1. The fourth-order valence-corrected chi connectivity index (χ4v) is 2.65. The van der Waals surface area contributed by atoms with E-state index < -0.39 is 17.9 Å². The quantitative estimate of drug-likeness (QED) is 0.680. The van der Waals surface area contributed by atoms with Gasteiger partial charge in [-0.2, -0.15) is 0 Å². The lowest BCUT2D eigenvalue weighted by atomic mass is 10.1. The Morgan fingerprint density at radius 3 is 2.62 bits per heavy atom. The van der Waals surface area contributed by atoms with E-state index in [4.69, 9.17) is 10.8 Å². The molecule has 1 aliphatic rings. The summed E-state index contributed by atoms with van der Waals surface area (Å²) in [5.41, 5.74) is 5.02. The van der Waals surface area contributed by atoms with Crippen molar-refractivity contribution in [2.24, 2.45) is 5.73 Å². The van der Waals surface area contributed by atoms with Crippen LogP contribution in [0.4, 0.5) is 4.79 Å². The lowest BCUT2D eigenvalue weighted by Crippen LogP contribution is -2.51. The van der Waals surface area contributed by atoms with Crippen LogP contribution in [-0.4, -0.2) is 46.5 Å². The molecule has 4 N–H and O–H groups in total. The Bertz CT molecular complexity index is 386. The monoisotopic (exact) mass is 299 g/mol. The van der Waals surface area contributed by atoms with Crippen molar-refractivity contribution in [1.82, 2.24) is 10.2 Å². The molecule has 1 aliphatic heterocycles. The number of carboxylic acid groups (broad SMARTS) is 1. The Labute approximate surface area is 124 Å². The molecule has 7 nitrogen and oxygen atoms in total. The molecule has 1 heterocycles. The number of aliphatic carboxylic acids is 1. The Morgan fingerprint density at radius 2 is 2.05 bits per heavy atom. The van der Waals surface area contributed by atoms with Crippen LogP contribution in [0, 0.1) is 0 Å². The number of hydrogen-bond donors (Lipinski definition) is 3. The summed E-state index contributed by atoms with van der Waals surface area (Å²) in [4.78, 5) is 36.0. The molecule has 120 valence electrons. The maximum absolute atomic E-state index is 12.3. The number of carbonyl (C=O) groups excluding carboxylic acids is 2. The van der Waals surface area contributed by atoms with Crippen molar-refractivity contribution in [2.75, 3.05) is 6.54 Å². The summed E-state index contributed by atoms with van der Waals surface area (Å²) in [5, 5.41) is 11.6. The van der Waals surface area contributed by atoms with Crippen LogP contribution in [0.1, 0.15) is 51.9 Å². The summed E-state index contributed by atoms with van der Waals surface area (Å²) in [6, 6.07) is -1.29. The molecule has 7 heteroatoms. The fourth-order valence-electron chi connectivity index (χ4n) is 2.65. The molecule has 0 aromatic rings. The molecule has 0 aromatic carbocycles. The van der Waals surface area contributed by atoms with E-state index in [0.717, 1.165) is 32.1 Å². The summed E-state index contributed by atoms with van der Waals surface area (Å²) >= 11 is 0. The molecule has 3 amide bonds. The van der Waals surface area contributed by atoms with Crippen molar-refractivity contribution in [3.05, 3.63) is 0 Å². The van der Waals surface area contributed by atoms with Crippen LogP contribution in [0.3, 0.4) is 0 Å². The number of likely N-dealkylation sites (tertiary alicyclic amines) is 1. The number of amides is 3. The van der Waals surface area contributed by atoms with E-state index in [9.17, 15) is 14.4 Å². The van der Waals surface area contributed by atoms with Gasteiger partial charge in [0.25, 0.3) is 0 Å². The second-order valence-corrected chi connectivity index (χ2v) is 5.45. The average Bonchev–Trinajstić information content (AvgIpc) is 2.67. The standard InChI is InChI=1S/C14H25N3O4/c1-2-10-6-4-3-5-9-17(10)14(21)16-11(13(19)20)7-8-12(15)18/h10-11H,2-9H2,1H3,(H2,15,18)(H,16,21)(H,19,20). The zero-order valence-electron chi connectivity index (χ0n) is 12.5. The maximum Gasteiger partial charge on any atom is 0.326 e. The van der Waals surface area contributed by atoms with Gasteiger partial charge in [0.05, 0.1) is 0 Å². The third-order valence-electron chi connectivity index (χ3n) is 3.88. The van der Waals surface area contributed by atoms with Crippen molar-refractivity contribution in [2.45, 2.75) is 64.0 Å². The summed E-state index contributed by atoms with van der Waals surface area (Å²) < 4.78 is 0. The molecule has 2 unspecified atom stereocenters. The summed E-state index contributed by atoms with van der Waals surface area (Å²) in [6.07, 6.45) is 4.87. The molecular formula is C14H25N3O4. The highest BCUT2D eigenvalue weighted by Crippen LogP contribution is 2.19. The lowest BCUT2D eigenvalue weighted by Gasteiger charge is -2.30. The maximum atomic E-state index is 12.3. The summed E-state index contributed by atoms with van der Waals surface area (Å²) in [5.74, 6) is -1.72. The number of hydrogen-bond acceptors (Lipinski definition) is 3. The van der Waals surface area contributed by atoms with E-state index in [0.29, 0.717) is 6.54 Å². The van der Waals surface area contributed by atoms with E-state index in [1.807, 2.05) is 6.92 Å². The highest BCUT2D eigenvalue weighted by molar-refractivity contribution is 5.83. The number of nitrogens with zero attached hydrogens (tertiary/aromatic N) is 1. The number of nitrogens with one attached hydrogen (secondary N) is 1. The summed E-state index contributed by atoms with van der Waals surface area (Å²) in [7, 11) is 0. The van der Waals surface area contributed by atoms with Crippen molar-refractivity contribution >= 4 is 17.9 Å². The first-order valence-corrected chi connectivity index (χ1v) is 7.54. The smallest absolute Gasteiger partial charge is 0.326 e. The topological polar surface area (TPSA) is 113 Å². The molecular weight excluding hydrogens is 274 g/mol. The van der Waals surface area contributed by atoms with Crippen molar-refractivity contribution in [3.63, 3.8) is 0 Å². The zero-order valence-corrected chi connectivity index (χ0v) is 12.5. The molecule has 0 aromatic heterocycles. The predicted octanol–water partition coefficient (Wildman–Crippen LogP) is 1.07. The number of nitrogens with two attached hydrogens (primary N) is 1. The fraction of sp³-hybridized carbons (Fsp3) is 0.786. The molecule has 0 spiro atoms. The van der Waals surface area contributed by atoms with E-state index in [1.54, 1.807) is 4.90 Å². The normalized spacial score (nSPS) is 20.4.